The molecule has 2 heterocycles. The molecule has 1 fully saturated rings. The van der Waals surface area contributed by atoms with E-state index in [2.05, 4.69) is 5.32 Å². The maximum atomic E-state index is 13.8. The molecule has 5 rings (SSSR count). The first-order chi connectivity index (χ1) is 21.9. The van der Waals surface area contributed by atoms with Crippen molar-refractivity contribution >= 4 is 27.7 Å². The van der Waals surface area contributed by atoms with Crippen LogP contribution in [0.1, 0.15) is 38.0 Å². The van der Waals surface area contributed by atoms with Gasteiger partial charge < -0.3 is 29.7 Å². The number of rotatable bonds is 13. The summed E-state index contributed by atoms with van der Waals surface area (Å²) in [5, 5.41) is 24.3. The smallest absolute Gasteiger partial charge is 0.415 e. The van der Waals surface area contributed by atoms with Gasteiger partial charge in [0.1, 0.15) is 0 Å². The minimum atomic E-state index is -4.09. The van der Waals surface area contributed by atoms with E-state index >= 15 is 0 Å². The van der Waals surface area contributed by atoms with Crippen LogP contribution in [0.2, 0.25) is 0 Å². The third-order valence-electron chi connectivity index (χ3n) is 7.80. The maximum absolute atomic E-state index is 13.8. The molecule has 3 aromatic carbocycles. The van der Waals surface area contributed by atoms with Gasteiger partial charge in [0.15, 0.2) is 17.6 Å². The zero-order valence-corrected chi connectivity index (χ0v) is 26.7. The minimum absolute atomic E-state index is 0.00353. The number of benzene rings is 3. The molecule has 0 aromatic heterocycles. The van der Waals surface area contributed by atoms with Gasteiger partial charge in [-0.3, -0.25) is 9.69 Å². The van der Waals surface area contributed by atoms with E-state index in [1.54, 1.807) is 31.2 Å². The number of nitrogens with zero attached hydrogens (tertiary/aromatic N) is 2. The van der Waals surface area contributed by atoms with Crippen LogP contribution in [0, 0.1) is 5.92 Å². The van der Waals surface area contributed by atoms with Crippen molar-refractivity contribution in [1.82, 2.24) is 9.62 Å². The van der Waals surface area contributed by atoms with Gasteiger partial charge in [-0.2, -0.15) is 4.31 Å². The van der Waals surface area contributed by atoms with E-state index in [0.717, 1.165) is 5.56 Å². The van der Waals surface area contributed by atoms with E-state index < -0.39 is 46.4 Å². The molecule has 3 N–H and O–H groups in total. The Kier molecular flexibility index (Phi) is 10.2. The van der Waals surface area contributed by atoms with Gasteiger partial charge in [-0.25, -0.2) is 13.2 Å². The number of hydrogen-bond acceptors (Lipinski definition) is 9. The second kappa shape index (κ2) is 14.1. The zero-order chi connectivity index (χ0) is 33.0. The summed E-state index contributed by atoms with van der Waals surface area (Å²) >= 11 is 0. The summed E-state index contributed by atoms with van der Waals surface area (Å²) in [5.41, 5.74) is 1.88. The highest BCUT2D eigenvalue weighted by atomic mass is 32.2. The standard InChI is InChI=1S/C33H39N3O9S/c1-21(2)17-35(46(41,42)26-12-13-29-30(16-26)44-20-43-29)18-28(38)27(14-23-8-5-4-6-9-23)34-32(39)31-19-36(33(40)45-31)25-11-7-10-24(15-25)22(3)37/h4-13,15-16,21-22,27-28,31,37-38H,14,17-20H2,1-3H3,(H,34,39)/t22?,27-,28+,31-/m0/s1. The first-order valence-corrected chi connectivity index (χ1v) is 16.5. The zero-order valence-electron chi connectivity index (χ0n) is 25.9. The summed E-state index contributed by atoms with van der Waals surface area (Å²) in [6.45, 7) is 5.06. The number of nitrogens with one attached hydrogen (secondary N) is 1. The summed E-state index contributed by atoms with van der Waals surface area (Å²) in [6, 6.07) is 19.4. The van der Waals surface area contributed by atoms with E-state index in [9.17, 15) is 28.2 Å². The molecule has 1 unspecified atom stereocenters. The molecule has 1 saturated heterocycles. The minimum Gasteiger partial charge on any atom is -0.454 e. The number of aliphatic hydroxyl groups excluding tert-OH is 2. The summed E-state index contributed by atoms with van der Waals surface area (Å²) in [4.78, 5) is 27.6. The monoisotopic (exact) mass is 653 g/mol. The van der Waals surface area contributed by atoms with Gasteiger partial charge in [0.25, 0.3) is 5.91 Å². The molecule has 2 aliphatic heterocycles. The molecular formula is C33H39N3O9S. The van der Waals surface area contributed by atoms with E-state index in [0.29, 0.717) is 22.7 Å². The molecular weight excluding hydrogens is 614 g/mol. The van der Waals surface area contributed by atoms with Crippen molar-refractivity contribution in [3.05, 3.63) is 83.9 Å². The lowest BCUT2D eigenvalue weighted by Crippen LogP contribution is -2.53. The number of carbonyl (C=O) groups is 2. The molecule has 13 heteroatoms. The number of fused-ring (bicyclic) bond motifs is 1. The predicted octanol–water partition coefficient (Wildman–Crippen LogP) is 3.23. The molecule has 246 valence electrons. The summed E-state index contributed by atoms with van der Waals surface area (Å²) < 4.78 is 45.0. The van der Waals surface area contributed by atoms with E-state index in [1.807, 2.05) is 44.2 Å². The van der Waals surface area contributed by atoms with Crippen LogP contribution in [-0.4, -0.2) is 79.6 Å². The molecule has 0 spiro atoms. The van der Waals surface area contributed by atoms with Gasteiger partial charge in [-0.05, 0) is 54.7 Å². The Bertz CT molecular complexity index is 1650. The number of sulfonamides is 1. The molecule has 12 nitrogen and oxygen atoms in total. The van der Waals surface area contributed by atoms with Crippen molar-refractivity contribution in [2.45, 2.75) is 56.4 Å². The van der Waals surface area contributed by atoms with Gasteiger partial charge in [0, 0.05) is 24.8 Å². The van der Waals surface area contributed by atoms with E-state index in [1.165, 1.54) is 27.4 Å². The molecule has 0 saturated carbocycles. The first kappa shape index (κ1) is 33.2. The molecule has 4 atom stereocenters. The highest BCUT2D eigenvalue weighted by Crippen LogP contribution is 2.35. The lowest BCUT2D eigenvalue weighted by molar-refractivity contribution is -0.129. The largest absolute Gasteiger partial charge is 0.454 e. The molecule has 0 radical (unpaired) electrons. The molecule has 2 aliphatic rings. The fraction of sp³-hybridized carbons (Fsp3) is 0.394. The van der Waals surface area contributed by atoms with Crippen LogP contribution in [0.3, 0.4) is 0 Å². The first-order valence-electron chi connectivity index (χ1n) is 15.1. The van der Waals surface area contributed by atoms with Crippen molar-refractivity contribution in [2.75, 3.05) is 31.3 Å². The fourth-order valence-electron chi connectivity index (χ4n) is 5.39. The number of carbonyl (C=O) groups excluding carboxylic acids is 2. The third kappa shape index (κ3) is 7.61. The average molecular weight is 654 g/mol. The maximum Gasteiger partial charge on any atom is 0.415 e. The fourth-order valence-corrected chi connectivity index (χ4v) is 7.03. The van der Waals surface area contributed by atoms with Crippen LogP contribution >= 0.6 is 0 Å². The Morgan fingerprint density at radius 3 is 2.43 bits per heavy atom. The van der Waals surface area contributed by atoms with E-state index in [4.69, 9.17) is 14.2 Å². The third-order valence-corrected chi connectivity index (χ3v) is 9.63. The summed E-state index contributed by atoms with van der Waals surface area (Å²) in [7, 11) is -4.09. The van der Waals surface area contributed by atoms with Crippen LogP contribution in [0.15, 0.2) is 77.7 Å². The average Bonchev–Trinajstić information content (AvgIpc) is 3.67. The SMILES string of the molecule is CC(C)CN(C[C@@H](O)[C@H](Cc1ccccc1)NC(=O)[C@@H]1CN(c2cccc(C(C)O)c2)C(=O)O1)S(=O)(=O)c1ccc2c(c1)OCO2. The lowest BCUT2D eigenvalue weighted by Gasteiger charge is -2.31. The highest BCUT2D eigenvalue weighted by Gasteiger charge is 2.39. The number of hydrogen-bond donors (Lipinski definition) is 3. The number of aliphatic hydroxyl groups is 2. The quantitative estimate of drug-likeness (QED) is 0.252. The van der Waals surface area contributed by atoms with Crippen LogP contribution < -0.4 is 19.7 Å². The molecule has 2 amide bonds. The molecule has 46 heavy (non-hydrogen) atoms. The van der Waals surface area contributed by atoms with Crippen LogP contribution in [0.25, 0.3) is 0 Å². The Balaban J connectivity index is 1.35. The molecule has 0 aliphatic carbocycles. The number of cyclic esters (lactones) is 1. The van der Waals surface area contributed by atoms with Crippen LogP contribution in [0.4, 0.5) is 10.5 Å². The topological polar surface area (TPSA) is 155 Å². The lowest BCUT2D eigenvalue weighted by atomic mass is 10.0. The normalized spacial score (nSPS) is 18.0. The second-order valence-corrected chi connectivity index (χ2v) is 13.8. The number of anilines is 1. The molecule has 0 bridgehead atoms. The van der Waals surface area contributed by atoms with Gasteiger partial charge >= 0.3 is 6.09 Å². The van der Waals surface area contributed by atoms with Gasteiger partial charge in [-0.1, -0.05) is 56.3 Å². The van der Waals surface area contributed by atoms with Crippen molar-refractivity contribution in [3.63, 3.8) is 0 Å². The number of ether oxygens (including phenoxy) is 3. The molecule has 3 aromatic rings. The van der Waals surface area contributed by atoms with Gasteiger partial charge in [-0.15, -0.1) is 0 Å². The predicted molar refractivity (Wildman–Crippen MR) is 169 cm³/mol. The van der Waals surface area contributed by atoms with Crippen molar-refractivity contribution < 1.29 is 42.4 Å². The second-order valence-electron chi connectivity index (χ2n) is 11.9. The van der Waals surface area contributed by atoms with Crippen molar-refractivity contribution in [1.29, 1.82) is 0 Å². The van der Waals surface area contributed by atoms with E-state index in [-0.39, 0.29) is 43.7 Å². The van der Waals surface area contributed by atoms with Gasteiger partial charge in [0.2, 0.25) is 16.8 Å². The Morgan fingerprint density at radius 2 is 1.72 bits per heavy atom. The Morgan fingerprint density at radius 1 is 0.978 bits per heavy atom. The Labute approximate surface area is 268 Å². The summed E-state index contributed by atoms with van der Waals surface area (Å²) in [5.74, 6) is 0.0610. The van der Waals surface area contributed by atoms with Crippen molar-refractivity contribution in [3.8, 4) is 11.5 Å². The van der Waals surface area contributed by atoms with Gasteiger partial charge in [0.05, 0.1) is 29.7 Å². The Hall–Kier alpha value is -4.17. The van der Waals surface area contributed by atoms with Crippen LogP contribution in [0.5, 0.6) is 11.5 Å². The highest BCUT2D eigenvalue weighted by molar-refractivity contribution is 7.89. The number of amides is 2. The van der Waals surface area contributed by atoms with Crippen LogP contribution in [-0.2, 0) is 26.0 Å². The van der Waals surface area contributed by atoms with Crippen molar-refractivity contribution in [2.24, 2.45) is 5.92 Å². The summed E-state index contributed by atoms with van der Waals surface area (Å²) in [6.07, 6.45) is -3.79.